The van der Waals surface area contributed by atoms with Crippen LogP contribution in [0.1, 0.15) is 11.3 Å². The van der Waals surface area contributed by atoms with E-state index in [0.29, 0.717) is 5.02 Å². The number of nitrogens with zero attached hydrogens (tertiary/aromatic N) is 3. The van der Waals surface area contributed by atoms with Crippen molar-refractivity contribution in [3.8, 4) is 11.6 Å². The van der Waals surface area contributed by atoms with Gasteiger partial charge in [0, 0.05) is 0 Å². The van der Waals surface area contributed by atoms with E-state index in [1.807, 2.05) is 6.92 Å². The van der Waals surface area contributed by atoms with E-state index in [0.717, 1.165) is 5.56 Å². The Labute approximate surface area is 119 Å². The molecule has 1 aromatic heterocycles. The summed E-state index contributed by atoms with van der Waals surface area (Å²) in [5.74, 6) is -0.0741. The third kappa shape index (κ3) is 2.77. The molecule has 2 rings (SSSR count). The summed E-state index contributed by atoms with van der Waals surface area (Å²) in [7, 11) is 0. The molecule has 0 fully saturated rings. The molecule has 1 heterocycles. The van der Waals surface area contributed by atoms with Crippen molar-refractivity contribution >= 4 is 23.2 Å². The van der Waals surface area contributed by atoms with Crippen LogP contribution in [0.2, 0.25) is 5.02 Å². The average molecular weight is 295 g/mol. The molecule has 0 aliphatic carbocycles. The number of nitro groups is 1. The largest absolute Gasteiger partial charge is 0.432 e. The lowest BCUT2D eigenvalue weighted by Crippen LogP contribution is -2.04. The molecule has 8 heteroatoms. The summed E-state index contributed by atoms with van der Waals surface area (Å²) in [6.07, 6.45) is 0. The zero-order chi connectivity index (χ0) is 14.9. The maximum absolute atomic E-state index is 11.1. The average Bonchev–Trinajstić information content (AvgIpc) is 2.31. The Morgan fingerprint density at radius 1 is 1.35 bits per heavy atom. The maximum Gasteiger partial charge on any atom is 0.352 e. The molecular formula is C12H11ClN4O3. The predicted octanol–water partition coefficient (Wildman–Crippen LogP) is 3.03. The second-order valence-corrected chi connectivity index (χ2v) is 4.52. The molecule has 0 saturated heterocycles. The van der Waals surface area contributed by atoms with E-state index >= 15 is 0 Å². The Morgan fingerprint density at radius 2 is 2.05 bits per heavy atom. The monoisotopic (exact) mass is 294 g/mol. The molecule has 20 heavy (non-hydrogen) atoms. The first-order valence-electron chi connectivity index (χ1n) is 5.61. The normalized spacial score (nSPS) is 10.3. The van der Waals surface area contributed by atoms with Crippen LogP contribution in [0.3, 0.4) is 0 Å². The van der Waals surface area contributed by atoms with Gasteiger partial charge in [-0.15, -0.1) is 0 Å². The van der Waals surface area contributed by atoms with Crippen molar-refractivity contribution in [2.75, 3.05) is 5.73 Å². The molecule has 7 nitrogen and oxygen atoms in total. The summed E-state index contributed by atoms with van der Waals surface area (Å²) in [6, 6.07) is 5.06. The van der Waals surface area contributed by atoms with Crippen molar-refractivity contribution in [2.24, 2.45) is 0 Å². The van der Waals surface area contributed by atoms with Gasteiger partial charge in [-0.1, -0.05) is 17.7 Å². The fourth-order valence-corrected chi connectivity index (χ4v) is 1.91. The summed E-state index contributed by atoms with van der Waals surface area (Å²) in [5, 5.41) is 11.4. The zero-order valence-corrected chi connectivity index (χ0v) is 11.5. The van der Waals surface area contributed by atoms with Crippen LogP contribution in [-0.4, -0.2) is 14.9 Å². The quantitative estimate of drug-likeness (QED) is 0.689. The molecule has 2 N–H and O–H groups in total. The van der Waals surface area contributed by atoms with Crippen LogP contribution in [0.15, 0.2) is 18.2 Å². The van der Waals surface area contributed by atoms with E-state index in [9.17, 15) is 10.1 Å². The third-order valence-electron chi connectivity index (χ3n) is 2.52. The molecule has 0 aliphatic rings. The number of anilines is 1. The Bertz CT molecular complexity index is 691. The van der Waals surface area contributed by atoms with Crippen molar-refractivity contribution < 1.29 is 9.66 Å². The topological polar surface area (TPSA) is 104 Å². The fraction of sp³-hybridized carbons (Fsp3) is 0.167. The van der Waals surface area contributed by atoms with Crippen LogP contribution >= 0.6 is 11.6 Å². The second-order valence-electron chi connectivity index (χ2n) is 4.11. The Balaban J connectivity index is 2.50. The van der Waals surface area contributed by atoms with Gasteiger partial charge in [0.05, 0.1) is 9.95 Å². The summed E-state index contributed by atoms with van der Waals surface area (Å²) in [4.78, 5) is 17.9. The van der Waals surface area contributed by atoms with E-state index in [1.165, 1.54) is 6.92 Å². The van der Waals surface area contributed by atoms with E-state index in [1.54, 1.807) is 18.2 Å². The van der Waals surface area contributed by atoms with E-state index in [-0.39, 0.29) is 29.0 Å². The SMILES string of the molecule is Cc1ccc(Oc2nc(N)nc(C)c2[N+](=O)[O-])c(Cl)c1. The highest BCUT2D eigenvalue weighted by Gasteiger charge is 2.24. The molecular weight excluding hydrogens is 284 g/mol. The number of nitrogen functional groups attached to an aromatic ring is 1. The highest BCUT2D eigenvalue weighted by Crippen LogP contribution is 2.35. The molecule has 2 aromatic rings. The van der Waals surface area contributed by atoms with Crippen molar-refractivity contribution in [1.29, 1.82) is 0 Å². The first-order chi connectivity index (χ1) is 9.38. The van der Waals surface area contributed by atoms with Gasteiger partial charge in [0.15, 0.2) is 0 Å². The number of rotatable bonds is 3. The van der Waals surface area contributed by atoms with Gasteiger partial charge in [-0.05, 0) is 31.5 Å². The van der Waals surface area contributed by atoms with Gasteiger partial charge in [0.1, 0.15) is 11.4 Å². The first-order valence-corrected chi connectivity index (χ1v) is 5.99. The maximum atomic E-state index is 11.1. The van der Waals surface area contributed by atoms with Crippen molar-refractivity contribution in [3.63, 3.8) is 0 Å². The standard InChI is InChI=1S/C12H11ClN4O3/c1-6-3-4-9(8(13)5-6)20-11-10(17(18)19)7(2)15-12(14)16-11/h3-5H,1-2H3,(H2,14,15,16). The number of aromatic nitrogens is 2. The molecule has 1 aromatic carbocycles. The molecule has 0 amide bonds. The lowest BCUT2D eigenvalue weighted by Gasteiger charge is -2.09. The summed E-state index contributed by atoms with van der Waals surface area (Å²) in [5.41, 5.74) is 6.22. The number of halogens is 1. The molecule has 0 bridgehead atoms. The van der Waals surface area contributed by atoms with E-state index < -0.39 is 4.92 Å². The molecule has 0 unspecified atom stereocenters. The smallest absolute Gasteiger partial charge is 0.352 e. The van der Waals surface area contributed by atoms with Gasteiger partial charge < -0.3 is 10.5 Å². The first kappa shape index (κ1) is 14.0. The Hall–Kier alpha value is -2.41. The highest BCUT2D eigenvalue weighted by molar-refractivity contribution is 6.32. The summed E-state index contributed by atoms with van der Waals surface area (Å²) >= 11 is 6.02. The van der Waals surface area contributed by atoms with Gasteiger partial charge in [-0.2, -0.15) is 4.98 Å². The predicted molar refractivity (Wildman–Crippen MR) is 74.1 cm³/mol. The number of benzene rings is 1. The van der Waals surface area contributed by atoms with E-state index in [4.69, 9.17) is 22.1 Å². The number of nitrogens with two attached hydrogens (primary N) is 1. The number of aryl methyl sites for hydroxylation is 2. The summed E-state index contributed by atoms with van der Waals surface area (Å²) in [6.45, 7) is 3.32. The van der Waals surface area contributed by atoms with E-state index in [2.05, 4.69) is 9.97 Å². The highest BCUT2D eigenvalue weighted by atomic mass is 35.5. The van der Waals surface area contributed by atoms with Gasteiger partial charge in [0.25, 0.3) is 0 Å². The minimum absolute atomic E-state index is 0.105. The minimum Gasteiger partial charge on any atom is -0.432 e. The number of hydrogen-bond donors (Lipinski definition) is 1. The lowest BCUT2D eigenvalue weighted by atomic mass is 10.2. The molecule has 0 saturated carbocycles. The van der Waals surface area contributed by atoms with Gasteiger partial charge in [-0.3, -0.25) is 10.1 Å². The fourth-order valence-electron chi connectivity index (χ4n) is 1.64. The molecule has 0 radical (unpaired) electrons. The number of ether oxygens (including phenoxy) is 1. The number of hydrogen-bond acceptors (Lipinski definition) is 6. The Kier molecular flexibility index (Phi) is 3.71. The minimum atomic E-state index is -0.619. The summed E-state index contributed by atoms with van der Waals surface area (Å²) < 4.78 is 5.41. The van der Waals surface area contributed by atoms with Crippen LogP contribution in [0.5, 0.6) is 11.6 Å². The lowest BCUT2D eigenvalue weighted by molar-refractivity contribution is -0.386. The third-order valence-corrected chi connectivity index (χ3v) is 2.82. The van der Waals surface area contributed by atoms with Crippen molar-refractivity contribution in [1.82, 2.24) is 9.97 Å². The molecule has 104 valence electrons. The zero-order valence-electron chi connectivity index (χ0n) is 10.8. The van der Waals surface area contributed by atoms with Gasteiger partial charge >= 0.3 is 11.6 Å². The molecule has 0 aliphatic heterocycles. The molecule has 0 spiro atoms. The van der Waals surface area contributed by atoms with Crippen LogP contribution in [0, 0.1) is 24.0 Å². The van der Waals surface area contributed by atoms with Crippen molar-refractivity contribution in [2.45, 2.75) is 13.8 Å². The van der Waals surface area contributed by atoms with Crippen LogP contribution in [0.25, 0.3) is 0 Å². The van der Waals surface area contributed by atoms with Gasteiger partial charge in [-0.25, -0.2) is 4.98 Å². The second kappa shape index (κ2) is 5.30. The van der Waals surface area contributed by atoms with Crippen LogP contribution < -0.4 is 10.5 Å². The Morgan fingerprint density at radius 3 is 2.65 bits per heavy atom. The van der Waals surface area contributed by atoms with Crippen LogP contribution in [0.4, 0.5) is 11.6 Å². The van der Waals surface area contributed by atoms with Crippen LogP contribution in [-0.2, 0) is 0 Å². The van der Waals surface area contributed by atoms with Gasteiger partial charge in [0.2, 0.25) is 5.95 Å². The molecule has 0 atom stereocenters. The van der Waals surface area contributed by atoms with Crippen molar-refractivity contribution in [3.05, 3.63) is 44.6 Å².